The molecule has 1 heterocycles. The van der Waals surface area contributed by atoms with Crippen molar-refractivity contribution in [2.45, 2.75) is 26.1 Å². The predicted octanol–water partition coefficient (Wildman–Crippen LogP) is 1.33. The van der Waals surface area contributed by atoms with Gasteiger partial charge in [-0.15, -0.1) is 0 Å². The second kappa shape index (κ2) is 8.82. The topological polar surface area (TPSA) is 85.9 Å². The molecule has 1 aromatic rings. The third kappa shape index (κ3) is 6.03. The summed E-state index contributed by atoms with van der Waals surface area (Å²) in [5.74, 6) is -0.328. The highest BCUT2D eigenvalue weighted by molar-refractivity contribution is 5.96. The Morgan fingerprint density at radius 2 is 2.00 bits per heavy atom. The van der Waals surface area contributed by atoms with Gasteiger partial charge in [-0.25, -0.2) is 0 Å². The molecule has 0 aromatic heterocycles. The van der Waals surface area contributed by atoms with Crippen molar-refractivity contribution in [3.63, 3.8) is 0 Å². The minimum atomic E-state index is -0.565. The van der Waals surface area contributed by atoms with Crippen molar-refractivity contribution in [1.29, 1.82) is 0 Å². The number of hydrogen-bond donors (Lipinski definition) is 2. The number of benzene rings is 1. The highest BCUT2D eigenvalue weighted by Gasteiger charge is 2.32. The first-order chi connectivity index (χ1) is 11.9. The van der Waals surface area contributed by atoms with Crippen molar-refractivity contribution >= 4 is 11.8 Å². The van der Waals surface area contributed by atoms with E-state index in [2.05, 4.69) is 10.6 Å². The Balaban J connectivity index is 1.70. The molecule has 1 unspecified atom stereocenters. The zero-order valence-electron chi connectivity index (χ0n) is 15.0. The number of carbonyl (C=O) groups is 2. The minimum Gasteiger partial charge on any atom is -0.497 e. The first kappa shape index (κ1) is 19.2. The maximum Gasteiger partial charge on any atom is 0.251 e. The Kier molecular flexibility index (Phi) is 6.78. The molecule has 2 amide bonds. The van der Waals surface area contributed by atoms with E-state index >= 15 is 0 Å². The van der Waals surface area contributed by atoms with Crippen LogP contribution in [0.15, 0.2) is 24.3 Å². The normalized spacial score (nSPS) is 16.9. The van der Waals surface area contributed by atoms with Crippen molar-refractivity contribution in [2.24, 2.45) is 5.92 Å². The average molecular weight is 350 g/mol. The standard InChI is InChI=1S/C18H26N2O5/c1-13(10-18(2)24-7-8-25-18)11-19-16(21)12-20-17(22)14-5-4-6-15(9-14)23-3/h4-6,9,13H,7-8,10-12H2,1-3H3,(H,19,21)(H,20,22). The van der Waals surface area contributed by atoms with Gasteiger partial charge in [0.05, 0.1) is 26.9 Å². The number of nitrogens with one attached hydrogen (secondary N) is 2. The molecular formula is C18H26N2O5. The monoisotopic (exact) mass is 350 g/mol. The summed E-state index contributed by atoms with van der Waals surface area (Å²) in [5, 5.41) is 5.41. The van der Waals surface area contributed by atoms with E-state index in [-0.39, 0.29) is 24.3 Å². The zero-order chi connectivity index (χ0) is 18.3. The maximum atomic E-state index is 12.0. The predicted molar refractivity (Wildman–Crippen MR) is 92.4 cm³/mol. The second-order valence-corrected chi connectivity index (χ2v) is 6.36. The molecule has 1 atom stereocenters. The minimum absolute atomic E-state index is 0.0764. The van der Waals surface area contributed by atoms with Crippen LogP contribution >= 0.6 is 0 Å². The van der Waals surface area contributed by atoms with Gasteiger partial charge in [0, 0.05) is 18.5 Å². The van der Waals surface area contributed by atoms with Crippen LogP contribution in [-0.2, 0) is 14.3 Å². The summed E-state index contributed by atoms with van der Waals surface area (Å²) in [6, 6.07) is 6.77. The second-order valence-electron chi connectivity index (χ2n) is 6.36. The molecule has 1 fully saturated rings. The maximum absolute atomic E-state index is 12.0. The lowest BCUT2D eigenvalue weighted by Gasteiger charge is -2.26. The Labute approximate surface area is 148 Å². The van der Waals surface area contributed by atoms with Crippen LogP contribution in [0.3, 0.4) is 0 Å². The van der Waals surface area contributed by atoms with E-state index in [1.54, 1.807) is 24.3 Å². The fourth-order valence-electron chi connectivity index (χ4n) is 2.76. The molecule has 2 rings (SSSR count). The van der Waals surface area contributed by atoms with Gasteiger partial charge >= 0.3 is 0 Å². The van der Waals surface area contributed by atoms with Gasteiger partial charge in [-0.2, -0.15) is 0 Å². The number of ether oxygens (including phenoxy) is 3. The van der Waals surface area contributed by atoms with Crippen molar-refractivity contribution in [1.82, 2.24) is 10.6 Å². The van der Waals surface area contributed by atoms with E-state index in [1.165, 1.54) is 7.11 Å². The van der Waals surface area contributed by atoms with Gasteiger partial charge in [-0.3, -0.25) is 9.59 Å². The van der Waals surface area contributed by atoms with Gasteiger partial charge in [0.25, 0.3) is 5.91 Å². The van der Waals surface area contributed by atoms with E-state index in [0.29, 0.717) is 37.5 Å². The Hall–Kier alpha value is -2.12. The molecule has 0 saturated carbocycles. The molecule has 1 aromatic carbocycles. The van der Waals surface area contributed by atoms with Gasteiger partial charge in [-0.05, 0) is 31.0 Å². The van der Waals surface area contributed by atoms with Crippen LogP contribution in [0, 0.1) is 5.92 Å². The van der Waals surface area contributed by atoms with Gasteiger partial charge in [0.2, 0.25) is 5.91 Å². The summed E-state index contributed by atoms with van der Waals surface area (Å²) in [5.41, 5.74) is 0.448. The lowest BCUT2D eigenvalue weighted by Crippen LogP contribution is -2.40. The highest BCUT2D eigenvalue weighted by Crippen LogP contribution is 2.26. The number of amides is 2. The van der Waals surface area contributed by atoms with Gasteiger partial charge in [0.1, 0.15) is 5.75 Å². The molecule has 2 N–H and O–H groups in total. The van der Waals surface area contributed by atoms with Crippen LogP contribution in [0.5, 0.6) is 5.75 Å². The molecule has 0 spiro atoms. The van der Waals surface area contributed by atoms with E-state index in [0.717, 1.165) is 0 Å². The number of carbonyl (C=O) groups excluding carboxylic acids is 2. The molecule has 0 radical (unpaired) electrons. The summed E-state index contributed by atoms with van der Waals surface area (Å²) >= 11 is 0. The third-order valence-electron chi connectivity index (χ3n) is 4.01. The lowest BCUT2D eigenvalue weighted by atomic mass is 10.0. The first-order valence-electron chi connectivity index (χ1n) is 8.39. The molecule has 7 heteroatoms. The Bertz CT molecular complexity index is 599. The van der Waals surface area contributed by atoms with E-state index in [9.17, 15) is 9.59 Å². The quantitative estimate of drug-likeness (QED) is 0.739. The Morgan fingerprint density at radius 3 is 2.68 bits per heavy atom. The van der Waals surface area contributed by atoms with Crippen LogP contribution in [-0.4, -0.2) is 51.0 Å². The SMILES string of the molecule is COc1cccc(C(=O)NCC(=O)NCC(C)CC2(C)OCCO2)c1. The number of rotatable bonds is 8. The first-order valence-corrected chi connectivity index (χ1v) is 8.39. The summed E-state index contributed by atoms with van der Waals surface area (Å²) in [4.78, 5) is 24.0. The number of methoxy groups -OCH3 is 1. The van der Waals surface area contributed by atoms with Gasteiger partial charge in [-0.1, -0.05) is 13.0 Å². The van der Waals surface area contributed by atoms with E-state index in [4.69, 9.17) is 14.2 Å². The van der Waals surface area contributed by atoms with Crippen LogP contribution in [0.25, 0.3) is 0 Å². The van der Waals surface area contributed by atoms with Crippen LogP contribution in [0.1, 0.15) is 30.6 Å². The van der Waals surface area contributed by atoms with Gasteiger partial charge in [0.15, 0.2) is 5.79 Å². The average Bonchev–Trinajstić information content (AvgIpc) is 3.03. The Morgan fingerprint density at radius 1 is 1.28 bits per heavy atom. The summed E-state index contributed by atoms with van der Waals surface area (Å²) in [6.07, 6.45) is 0.698. The van der Waals surface area contributed by atoms with Gasteiger partial charge < -0.3 is 24.8 Å². The van der Waals surface area contributed by atoms with Crippen LogP contribution in [0.4, 0.5) is 0 Å². The molecule has 0 bridgehead atoms. The summed E-state index contributed by atoms with van der Waals surface area (Å²) in [7, 11) is 1.54. The molecule has 25 heavy (non-hydrogen) atoms. The molecule has 1 saturated heterocycles. The number of hydrogen-bond acceptors (Lipinski definition) is 5. The molecule has 7 nitrogen and oxygen atoms in total. The molecule has 1 aliphatic rings. The molecule has 138 valence electrons. The summed E-state index contributed by atoms with van der Waals surface area (Å²) < 4.78 is 16.2. The fourth-order valence-corrected chi connectivity index (χ4v) is 2.76. The fraction of sp³-hybridized carbons (Fsp3) is 0.556. The highest BCUT2D eigenvalue weighted by atomic mass is 16.7. The van der Waals surface area contributed by atoms with Crippen LogP contribution in [0.2, 0.25) is 0 Å². The van der Waals surface area contributed by atoms with Crippen molar-refractivity contribution in [3.05, 3.63) is 29.8 Å². The largest absolute Gasteiger partial charge is 0.497 e. The van der Waals surface area contributed by atoms with E-state index < -0.39 is 5.79 Å². The van der Waals surface area contributed by atoms with Crippen molar-refractivity contribution < 1.29 is 23.8 Å². The molecular weight excluding hydrogens is 324 g/mol. The summed E-state index contributed by atoms with van der Waals surface area (Å²) in [6.45, 7) is 5.55. The lowest BCUT2D eigenvalue weighted by molar-refractivity contribution is -0.154. The zero-order valence-corrected chi connectivity index (χ0v) is 15.0. The van der Waals surface area contributed by atoms with Crippen molar-refractivity contribution in [3.8, 4) is 5.75 Å². The smallest absolute Gasteiger partial charge is 0.251 e. The third-order valence-corrected chi connectivity index (χ3v) is 4.01. The molecule has 1 aliphatic heterocycles. The molecule has 0 aliphatic carbocycles. The van der Waals surface area contributed by atoms with E-state index in [1.807, 2.05) is 13.8 Å². The van der Waals surface area contributed by atoms with Crippen LogP contribution < -0.4 is 15.4 Å². The van der Waals surface area contributed by atoms with Crippen molar-refractivity contribution in [2.75, 3.05) is 33.4 Å².